The average molecular weight is 242 g/mol. The van der Waals surface area contributed by atoms with E-state index in [9.17, 15) is 0 Å². The average Bonchev–Trinajstić information content (AvgIpc) is 2.40. The number of hydrogen-bond donors (Lipinski definition) is 1. The summed E-state index contributed by atoms with van der Waals surface area (Å²) in [4.78, 5) is 3.99. The van der Waals surface area contributed by atoms with Crippen molar-refractivity contribution >= 4 is 0 Å². The second-order valence-electron chi connectivity index (χ2n) is 4.31. The highest BCUT2D eigenvalue weighted by molar-refractivity contribution is 5.28. The van der Waals surface area contributed by atoms with Crippen LogP contribution in [-0.2, 0) is 6.42 Å². The summed E-state index contributed by atoms with van der Waals surface area (Å²) in [5.74, 6) is 0.883. The van der Waals surface area contributed by atoms with Crippen molar-refractivity contribution in [1.82, 2.24) is 4.98 Å². The van der Waals surface area contributed by atoms with Crippen molar-refractivity contribution in [3.05, 3.63) is 59.9 Å². The summed E-state index contributed by atoms with van der Waals surface area (Å²) in [6, 6.07) is 12.0. The first-order chi connectivity index (χ1) is 8.75. The van der Waals surface area contributed by atoms with Crippen LogP contribution in [0.3, 0.4) is 0 Å². The van der Waals surface area contributed by atoms with Crippen LogP contribution in [0.15, 0.2) is 48.8 Å². The molecule has 0 aliphatic carbocycles. The number of aromatic nitrogens is 1. The molecule has 1 atom stereocenters. The second-order valence-corrected chi connectivity index (χ2v) is 4.31. The Bertz CT molecular complexity index is 466. The van der Waals surface area contributed by atoms with E-state index in [1.165, 1.54) is 5.56 Å². The van der Waals surface area contributed by atoms with E-state index in [4.69, 9.17) is 10.5 Å². The monoisotopic (exact) mass is 242 g/mol. The molecule has 2 rings (SSSR count). The normalized spacial score (nSPS) is 12.1. The van der Waals surface area contributed by atoms with Gasteiger partial charge in [-0.1, -0.05) is 12.1 Å². The van der Waals surface area contributed by atoms with E-state index >= 15 is 0 Å². The maximum Gasteiger partial charge on any atom is 0.119 e. The van der Waals surface area contributed by atoms with Crippen LogP contribution < -0.4 is 10.5 Å². The van der Waals surface area contributed by atoms with E-state index in [-0.39, 0.29) is 6.04 Å². The predicted molar refractivity (Wildman–Crippen MR) is 72.5 cm³/mol. The lowest BCUT2D eigenvalue weighted by molar-refractivity contribution is 0.322. The number of ether oxygens (including phenoxy) is 1. The Kier molecular flexibility index (Phi) is 4.31. The molecule has 2 aromatic rings. The van der Waals surface area contributed by atoms with Crippen LogP contribution in [0.25, 0.3) is 0 Å². The maximum absolute atomic E-state index is 5.79. The maximum atomic E-state index is 5.79. The van der Waals surface area contributed by atoms with Crippen molar-refractivity contribution in [1.29, 1.82) is 0 Å². The lowest BCUT2D eigenvalue weighted by Crippen LogP contribution is -2.05. The summed E-state index contributed by atoms with van der Waals surface area (Å²) in [7, 11) is 0. The fourth-order valence-corrected chi connectivity index (χ4v) is 1.70. The van der Waals surface area contributed by atoms with Gasteiger partial charge in [-0.2, -0.15) is 0 Å². The number of benzene rings is 1. The van der Waals surface area contributed by atoms with Crippen molar-refractivity contribution in [2.75, 3.05) is 6.61 Å². The Labute approximate surface area is 108 Å². The SMILES string of the molecule is CC(N)c1ccc(OCCc2ccncc2)cc1. The van der Waals surface area contributed by atoms with Crippen LogP contribution in [0.1, 0.15) is 24.1 Å². The zero-order valence-corrected chi connectivity index (χ0v) is 10.5. The van der Waals surface area contributed by atoms with Crippen LogP contribution in [0, 0.1) is 0 Å². The molecule has 2 N–H and O–H groups in total. The summed E-state index contributed by atoms with van der Waals surface area (Å²) < 4.78 is 5.68. The highest BCUT2D eigenvalue weighted by Crippen LogP contribution is 2.16. The molecule has 1 heterocycles. The van der Waals surface area contributed by atoms with Gasteiger partial charge in [0.25, 0.3) is 0 Å². The Hall–Kier alpha value is -1.87. The molecule has 0 fully saturated rings. The highest BCUT2D eigenvalue weighted by atomic mass is 16.5. The zero-order chi connectivity index (χ0) is 12.8. The summed E-state index contributed by atoms with van der Waals surface area (Å²) in [6.45, 7) is 2.64. The van der Waals surface area contributed by atoms with E-state index in [2.05, 4.69) is 4.98 Å². The van der Waals surface area contributed by atoms with E-state index in [0.717, 1.165) is 17.7 Å². The predicted octanol–water partition coefficient (Wildman–Crippen LogP) is 2.72. The standard InChI is InChI=1S/C15H18N2O/c1-12(16)14-2-4-15(5-3-14)18-11-8-13-6-9-17-10-7-13/h2-7,9-10,12H,8,11,16H2,1H3. The van der Waals surface area contributed by atoms with Crippen LogP contribution >= 0.6 is 0 Å². The molecule has 1 aromatic heterocycles. The van der Waals surface area contributed by atoms with Gasteiger partial charge in [-0.15, -0.1) is 0 Å². The Morgan fingerprint density at radius 3 is 2.39 bits per heavy atom. The van der Waals surface area contributed by atoms with Gasteiger partial charge in [-0.3, -0.25) is 4.98 Å². The van der Waals surface area contributed by atoms with Gasteiger partial charge >= 0.3 is 0 Å². The van der Waals surface area contributed by atoms with Gasteiger partial charge in [0.2, 0.25) is 0 Å². The minimum Gasteiger partial charge on any atom is -0.493 e. The number of nitrogens with two attached hydrogens (primary N) is 1. The Morgan fingerprint density at radius 2 is 1.78 bits per heavy atom. The minimum atomic E-state index is 0.0656. The molecule has 0 spiro atoms. The molecular formula is C15H18N2O. The molecular weight excluding hydrogens is 224 g/mol. The van der Waals surface area contributed by atoms with E-state index < -0.39 is 0 Å². The molecule has 0 radical (unpaired) electrons. The van der Waals surface area contributed by atoms with Crippen molar-refractivity contribution < 1.29 is 4.74 Å². The first-order valence-electron chi connectivity index (χ1n) is 6.13. The van der Waals surface area contributed by atoms with Gasteiger partial charge in [0.15, 0.2) is 0 Å². The van der Waals surface area contributed by atoms with Crippen molar-refractivity contribution in [2.45, 2.75) is 19.4 Å². The van der Waals surface area contributed by atoms with Crippen molar-refractivity contribution in [3.8, 4) is 5.75 Å². The highest BCUT2D eigenvalue weighted by Gasteiger charge is 1.99. The smallest absolute Gasteiger partial charge is 0.119 e. The van der Waals surface area contributed by atoms with Gasteiger partial charge < -0.3 is 10.5 Å². The third-order valence-corrected chi connectivity index (χ3v) is 2.81. The van der Waals surface area contributed by atoms with Gasteiger partial charge in [-0.05, 0) is 42.3 Å². The molecule has 18 heavy (non-hydrogen) atoms. The molecule has 1 unspecified atom stereocenters. The van der Waals surface area contributed by atoms with Crippen molar-refractivity contribution in [2.24, 2.45) is 5.73 Å². The summed E-state index contributed by atoms with van der Waals surface area (Å²) in [6.07, 6.45) is 4.48. The number of hydrogen-bond acceptors (Lipinski definition) is 3. The molecule has 0 saturated heterocycles. The third-order valence-electron chi connectivity index (χ3n) is 2.81. The summed E-state index contributed by atoms with van der Waals surface area (Å²) >= 11 is 0. The second kappa shape index (κ2) is 6.17. The fourth-order valence-electron chi connectivity index (χ4n) is 1.70. The van der Waals surface area contributed by atoms with Crippen molar-refractivity contribution in [3.63, 3.8) is 0 Å². The fraction of sp³-hybridized carbons (Fsp3) is 0.267. The lowest BCUT2D eigenvalue weighted by atomic mass is 10.1. The summed E-state index contributed by atoms with van der Waals surface area (Å²) in [5.41, 5.74) is 8.15. The zero-order valence-electron chi connectivity index (χ0n) is 10.5. The molecule has 3 heteroatoms. The molecule has 94 valence electrons. The largest absolute Gasteiger partial charge is 0.493 e. The third kappa shape index (κ3) is 3.57. The first kappa shape index (κ1) is 12.6. The van der Waals surface area contributed by atoms with Crippen LogP contribution in [-0.4, -0.2) is 11.6 Å². The van der Waals surface area contributed by atoms with Crippen LogP contribution in [0.5, 0.6) is 5.75 Å². The van der Waals surface area contributed by atoms with Crippen LogP contribution in [0.2, 0.25) is 0 Å². The van der Waals surface area contributed by atoms with Gasteiger partial charge in [0, 0.05) is 24.9 Å². The van der Waals surface area contributed by atoms with Crippen LogP contribution in [0.4, 0.5) is 0 Å². The van der Waals surface area contributed by atoms with E-state index in [1.807, 2.05) is 43.3 Å². The first-order valence-corrected chi connectivity index (χ1v) is 6.13. The van der Waals surface area contributed by atoms with E-state index in [0.29, 0.717) is 6.61 Å². The Balaban J connectivity index is 1.83. The van der Waals surface area contributed by atoms with Gasteiger partial charge in [0.05, 0.1) is 6.61 Å². The molecule has 0 amide bonds. The lowest BCUT2D eigenvalue weighted by Gasteiger charge is -2.09. The number of nitrogens with zero attached hydrogens (tertiary/aromatic N) is 1. The molecule has 3 nitrogen and oxygen atoms in total. The summed E-state index contributed by atoms with van der Waals surface area (Å²) in [5, 5.41) is 0. The topological polar surface area (TPSA) is 48.1 Å². The quantitative estimate of drug-likeness (QED) is 0.877. The van der Waals surface area contributed by atoms with Gasteiger partial charge in [0.1, 0.15) is 5.75 Å². The minimum absolute atomic E-state index is 0.0656. The Morgan fingerprint density at radius 1 is 1.11 bits per heavy atom. The number of pyridine rings is 1. The molecule has 0 aliphatic rings. The molecule has 0 aliphatic heterocycles. The number of rotatable bonds is 5. The van der Waals surface area contributed by atoms with E-state index in [1.54, 1.807) is 12.4 Å². The molecule has 1 aromatic carbocycles. The molecule has 0 saturated carbocycles. The molecule has 0 bridgehead atoms. The van der Waals surface area contributed by atoms with Gasteiger partial charge in [-0.25, -0.2) is 0 Å².